The van der Waals surface area contributed by atoms with Crippen molar-refractivity contribution in [1.29, 1.82) is 0 Å². The van der Waals surface area contributed by atoms with Gasteiger partial charge in [0.05, 0.1) is 5.52 Å². The van der Waals surface area contributed by atoms with E-state index in [-0.39, 0.29) is 30.4 Å². The van der Waals surface area contributed by atoms with Crippen LogP contribution in [0.1, 0.15) is 43.7 Å². The molecule has 29 heavy (non-hydrogen) atoms. The first-order chi connectivity index (χ1) is 14.0. The SMILES string of the molecule is O=C(Cn1c(=O)n(C2CCCCC2)c2ncccc21)NCc1cc(F)ccc1F. The van der Waals surface area contributed by atoms with Gasteiger partial charge < -0.3 is 5.32 Å². The summed E-state index contributed by atoms with van der Waals surface area (Å²) in [5, 5.41) is 2.56. The van der Waals surface area contributed by atoms with E-state index < -0.39 is 17.5 Å². The fourth-order valence-corrected chi connectivity index (χ4v) is 4.00. The van der Waals surface area contributed by atoms with Gasteiger partial charge in [-0.1, -0.05) is 19.3 Å². The average molecular weight is 400 g/mol. The molecule has 1 amide bonds. The summed E-state index contributed by atoms with van der Waals surface area (Å²) in [4.78, 5) is 29.9. The Labute approximate surface area is 166 Å². The molecule has 8 heteroatoms. The van der Waals surface area contributed by atoms with Crippen LogP contribution in [-0.2, 0) is 17.9 Å². The van der Waals surface area contributed by atoms with Crippen LogP contribution in [0.4, 0.5) is 8.78 Å². The third kappa shape index (κ3) is 3.92. The van der Waals surface area contributed by atoms with Gasteiger partial charge in [-0.25, -0.2) is 18.6 Å². The third-order valence-electron chi connectivity index (χ3n) is 5.45. The topological polar surface area (TPSA) is 68.9 Å². The lowest BCUT2D eigenvalue weighted by molar-refractivity contribution is -0.121. The zero-order valence-corrected chi connectivity index (χ0v) is 15.9. The zero-order chi connectivity index (χ0) is 20.4. The molecule has 4 rings (SSSR count). The summed E-state index contributed by atoms with van der Waals surface area (Å²) in [6.07, 6.45) is 6.77. The van der Waals surface area contributed by atoms with E-state index >= 15 is 0 Å². The van der Waals surface area contributed by atoms with Crippen LogP contribution in [0.5, 0.6) is 0 Å². The van der Waals surface area contributed by atoms with Crippen molar-refractivity contribution in [2.24, 2.45) is 0 Å². The van der Waals surface area contributed by atoms with Crippen molar-refractivity contribution in [2.75, 3.05) is 0 Å². The Kier molecular flexibility index (Phi) is 5.42. The molecule has 0 atom stereocenters. The molecule has 2 heterocycles. The maximum atomic E-state index is 13.7. The molecule has 0 unspecified atom stereocenters. The van der Waals surface area contributed by atoms with Gasteiger partial charge in [-0.2, -0.15) is 0 Å². The predicted molar refractivity (Wildman–Crippen MR) is 104 cm³/mol. The maximum absolute atomic E-state index is 13.7. The standard InChI is InChI=1S/C21H22F2N4O2/c22-15-8-9-17(23)14(11-15)12-25-19(28)13-26-18-7-4-10-24-20(18)27(21(26)29)16-5-2-1-3-6-16/h4,7-11,16H,1-3,5-6,12-13H2,(H,25,28). The number of hydrogen-bond donors (Lipinski definition) is 1. The number of imidazole rings is 1. The van der Waals surface area contributed by atoms with Crippen LogP contribution in [0.25, 0.3) is 11.2 Å². The smallest absolute Gasteiger partial charge is 0.331 e. The molecule has 152 valence electrons. The molecule has 0 radical (unpaired) electrons. The van der Waals surface area contributed by atoms with Crippen molar-refractivity contribution in [2.45, 2.75) is 51.2 Å². The number of aromatic nitrogens is 3. The molecule has 6 nitrogen and oxygen atoms in total. The summed E-state index contributed by atoms with van der Waals surface area (Å²) in [7, 11) is 0. The monoisotopic (exact) mass is 400 g/mol. The van der Waals surface area contributed by atoms with Crippen molar-refractivity contribution >= 4 is 17.1 Å². The fraction of sp³-hybridized carbons (Fsp3) is 0.381. The summed E-state index contributed by atoms with van der Waals surface area (Å²) in [6.45, 7) is -0.367. The second-order valence-corrected chi connectivity index (χ2v) is 7.39. The van der Waals surface area contributed by atoms with E-state index in [9.17, 15) is 18.4 Å². The molecule has 1 fully saturated rings. The number of halogens is 2. The molecule has 1 saturated carbocycles. The first-order valence-corrected chi connectivity index (χ1v) is 9.81. The number of fused-ring (bicyclic) bond motifs is 1. The quantitative estimate of drug-likeness (QED) is 0.715. The number of nitrogens with one attached hydrogen (secondary N) is 1. The first-order valence-electron chi connectivity index (χ1n) is 9.81. The van der Waals surface area contributed by atoms with Gasteiger partial charge in [0.25, 0.3) is 0 Å². The molecule has 1 N–H and O–H groups in total. The van der Waals surface area contributed by atoms with E-state index in [2.05, 4.69) is 10.3 Å². The molecule has 1 aliphatic rings. The van der Waals surface area contributed by atoms with Crippen LogP contribution >= 0.6 is 0 Å². The maximum Gasteiger partial charge on any atom is 0.331 e. The summed E-state index contributed by atoms with van der Waals surface area (Å²) in [6, 6.07) is 6.66. The van der Waals surface area contributed by atoms with E-state index in [0.717, 1.165) is 50.3 Å². The Morgan fingerprint density at radius 3 is 2.76 bits per heavy atom. The van der Waals surface area contributed by atoms with Crippen LogP contribution in [0.3, 0.4) is 0 Å². The van der Waals surface area contributed by atoms with Gasteiger partial charge >= 0.3 is 5.69 Å². The lowest BCUT2D eigenvalue weighted by Gasteiger charge is -2.22. The van der Waals surface area contributed by atoms with Gasteiger partial charge in [-0.15, -0.1) is 0 Å². The van der Waals surface area contributed by atoms with Crippen LogP contribution in [0.2, 0.25) is 0 Å². The Hall–Kier alpha value is -3.03. The van der Waals surface area contributed by atoms with Crippen molar-refractivity contribution in [3.63, 3.8) is 0 Å². The van der Waals surface area contributed by atoms with Crippen LogP contribution in [0, 0.1) is 11.6 Å². The number of nitrogens with zero attached hydrogens (tertiary/aromatic N) is 3. The Balaban J connectivity index is 1.57. The summed E-state index contributed by atoms with van der Waals surface area (Å²) < 4.78 is 30.1. The highest BCUT2D eigenvalue weighted by molar-refractivity contribution is 5.79. The number of hydrogen-bond acceptors (Lipinski definition) is 3. The van der Waals surface area contributed by atoms with Crippen LogP contribution in [0.15, 0.2) is 41.3 Å². The molecule has 1 aliphatic carbocycles. The minimum atomic E-state index is -0.595. The number of benzene rings is 1. The fourth-order valence-electron chi connectivity index (χ4n) is 4.00. The first kappa shape index (κ1) is 19.3. The molecule has 0 saturated heterocycles. The minimum Gasteiger partial charge on any atom is -0.350 e. The minimum absolute atomic E-state index is 0.0528. The second-order valence-electron chi connectivity index (χ2n) is 7.39. The van der Waals surface area contributed by atoms with Gasteiger partial charge in [-0.05, 0) is 43.2 Å². The van der Waals surface area contributed by atoms with Crippen LogP contribution < -0.4 is 11.0 Å². The van der Waals surface area contributed by atoms with Crippen LogP contribution in [-0.4, -0.2) is 20.0 Å². The van der Waals surface area contributed by atoms with E-state index in [1.54, 1.807) is 22.9 Å². The molecule has 2 aromatic heterocycles. The van der Waals surface area contributed by atoms with E-state index in [1.807, 2.05) is 0 Å². The average Bonchev–Trinajstić information content (AvgIpc) is 3.01. The number of carbonyl (C=O) groups is 1. The molecule has 0 bridgehead atoms. The van der Waals surface area contributed by atoms with E-state index in [1.165, 1.54) is 4.57 Å². The molecule has 0 aliphatic heterocycles. The Morgan fingerprint density at radius 1 is 1.17 bits per heavy atom. The third-order valence-corrected chi connectivity index (χ3v) is 5.45. The highest BCUT2D eigenvalue weighted by atomic mass is 19.1. The molecular weight excluding hydrogens is 378 g/mol. The Bertz CT molecular complexity index is 1100. The molecule has 3 aromatic rings. The predicted octanol–water partition coefficient (Wildman–Crippen LogP) is 3.30. The largest absolute Gasteiger partial charge is 0.350 e. The molecule has 1 aromatic carbocycles. The van der Waals surface area contributed by atoms with Gasteiger partial charge in [0, 0.05) is 24.3 Å². The van der Waals surface area contributed by atoms with Gasteiger partial charge in [0.15, 0.2) is 5.65 Å². The van der Waals surface area contributed by atoms with Crippen molar-refractivity contribution in [3.05, 3.63) is 64.2 Å². The van der Waals surface area contributed by atoms with E-state index in [4.69, 9.17) is 0 Å². The summed E-state index contributed by atoms with van der Waals surface area (Å²) in [5.41, 5.74) is 0.957. The number of pyridine rings is 1. The van der Waals surface area contributed by atoms with Crippen molar-refractivity contribution in [1.82, 2.24) is 19.4 Å². The summed E-state index contributed by atoms with van der Waals surface area (Å²) in [5.74, 6) is -1.63. The van der Waals surface area contributed by atoms with Gasteiger partial charge in [-0.3, -0.25) is 13.9 Å². The number of carbonyl (C=O) groups excluding carboxylic acids is 1. The normalized spacial score (nSPS) is 15.0. The van der Waals surface area contributed by atoms with Gasteiger partial charge in [0.2, 0.25) is 5.91 Å². The molecule has 0 spiro atoms. The van der Waals surface area contributed by atoms with Crippen molar-refractivity contribution in [3.8, 4) is 0 Å². The summed E-state index contributed by atoms with van der Waals surface area (Å²) >= 11 is 0. The second kappa shape index (κ2) is 8.14. The van der Waals surface area contributed by atoms with E-state index in [0.29, 0.717) is 11.2 Å². The Morgan fingerprint density at radius 2 is 1.97 bits per heavy atom. The lowest BCUT2D eigenvalue weighted by atomic mass is 9.95. The zero-order valence-electron chi connectivity index (χ0n) is 15.9. The highest BCUT2D eigenvalue weighted by Crippen LogP contribution is 2.29. The molecular formula is C21H22F2N4O2. The van der Waals surface area contributed by atoms with Gasteiger partial charge in [0.1, 0.15) is 18.2 Å². The number of amides is 1. The lowest BCUT2D eigenvalue weighted by Crippen LogP contribution is -2.34. The highest BCUT2D eigenvalue weighted by Gasteiger charge is 2.23. The number of rotatable bonds is 5. The van der Waals surface area contributed by atoms with Crippen molar-refractivity contribution < 1.29 is 13.6 Å².